The van der Waals surface area contributed by atoms with Crippen LogP contribution >= 0.6 is 23.2 Å². The summed E-state index contributed by atoms with van der Waals surface area (Å²) in [6.07, 6.45) is 9.52. The van der Waals surface area contributed by atoms with Gasteiger partial charge in [0.2, 0.25) is 0 Å². The summed E-state index contributed by atoms with van der Waals surface area (Å²) in [5.74, 6) is 0.661. The number of nitrogens with zero attached hydrogens (tertiary/aromatic N) is 2. The molecule has 0 atom stereocenters. The van der Waals surface area contributed by atoms with Crippen molar-refractivity contribution in [2.24, 2.45) is 22.6 Å². The van der Waals surface area contributed by atoms with Crippen molar-refractivity contribution in [3.8, 4) is 0 Å². The standard InChI is InChI=1S/C21H20Cl2N4O/c22-16-10-25-11-17(23)20(16)21(28)27-15-7-5-14(6-8-15)26-19(13-3-4-13)9-18(24)12-1-2-12/h5-13H,1-4,24H2,(H,27,28). The van der Waals surface area contributed by atoms with E-state index >= 15 is 0 Å². The number of rotatable bonds is 6. The summed E-state index contributed by atoms with van der Waals surface area (Å²) in [6.45, 7) is 0. The van der Waals surface area contributed by atoms with E-state index in [4.69, 9.17) is 33.9 Å². The van der Waals surface area contributed by atoms with Crippen molar-refractivity contribution in [2.45, 2.75) is 25.7 Å². The first-order valence-corrected chi connectivity index (χ1v) is 10.0. The Morgan fingerprint density at radius 2 is 1.68 bits per heavy atom. The van der Waals surface area contributed by atoms with Gasteiger partial charge in [0.05, 0.1) is 21.3 Å². The van der Waals surface area contributed by atoms with Crippen LogP contribution < -0.4 is 11.1 Å². The number of hydrogen-bond acceptors (Lipinski definition) is 4. The Kier molecular flexibility index (Phi) is 5.38. The molecule has 0 unspecified atom stereocenters. The van der Waals surface area contributed by atoms with E-state index < -0.39 is 0 Å². The normalized spacial score (nSPS) is 17.5. The topological polar surface area (TPSA) is 80.4 Å². The van der Waals surface area contributed by atoms with Crippen LogP contribution in [0.3, 0.4) is 0 Å². The second-order valence-electron chi connectivity index (χ2n) is 7.21. The smallest absolute Gasteiger partial charge is 0.258 e. The van der Waals surface area contributed by atoms with Gasteiger partial charge in [-0.15, -0.1) is 0 Å². The zero-order chi connectivity index (χ0) is 19.7. The van der Waals surface area contributed by atoms with Crippen LogP contribution in [0.1, 0.15) is 36.0 Å². The van der Waals surface area contributed by atoms with E-state index in [-0.39, 0.29) is 21.5 Å². The van der Waals surface area contributed by atoms with Gasteiger partial charge in [-0.05, 0) is 61.9 Å². The van der Waals surface area contributed by atoms with E-state index in [2.05, 4.69) is 16.4 Å². The number of benzene rings is 1. The molecule has 0 bridgehead atoms. The van der Waals surface area contributed by atoms with Crippen LogP contribution in [0, 0.1) is 11.8 Å². The molecule has 2 fully saturated rings. The van der Waals surface area contributed by atoms with Crippen LogP contribution in [0.25, 0.3) is 0 Å². The lowest BCUT2D eigenvalue weighted by Gasteiger charge is -2.08. The summed E-state index contributed by atoms with van der Waals surface area (Å²) in [5.41, 5.74) is 9.83. The number of nitrogens with one attached hydrogen (secondary N) is 1. The van der Waals surface area contributed by atoms with Crippen LogP contribution in [-0.2, 0) is 0 Å². The molecule has 4 rings (SSSR count). The van der Waals surface area contributed by atoms with Crippen molar-refractivity contribution in [3.05, 3.63) is 64.0 Å². The average Bonchev–Trinajstić information content (AvgIpc) is 3.56. The molecular weight excluding hydrogens is 395 g/mol. The molecule has 2 aliphatic rings. The van der Waals surface area contributed by atoms with Crippen molar-refractivity contribution in [3.63, 3.8) is 0 Å². The number of nitrogens with two attached hydrogens (primary N) is 1. The number of carbonyl (C=O) groups is 1. The lowest BCUT2D eigenvalue weighted by molar-refractivity contribution is 0.102. The van der Waals surface area contributed by atoms with Gasteiger partial charge in [0.25, 0.3) is 5.91 Å². The van der Waals surface area contributed by atoms with Crippen LogP contribution in [-0.4, -0.2) is 16.6 Å². The first kappa shape index (κ1) is 19.0. The van der Waals surface area contributed by atoms with Gasteiger partial charge >= 0.3 is 0 Å². The fraction of sp³-hybridized carbons (Fsp3) is 0.286. The number of carbonyl (C=O) groups excluding carboxylic acids is 1. The summed E-state index contributed by atoms with van der Waals surface area (Å²) in [4.78, 5) is 21.1. The number of anilines is 1. The van der Waals surface area contributed by atoms with Crippen LogP contribution in [0.4, 0.5) is 11.4 Å². The fourth-order valence-corrected chi connectivity index (χ4v) is 3.45. The molecule has 1 aromatic heterocycles. The molecule has 7 heteroatoms. The predicted octanol–water partition coefficient (Wildman–Crippen LogP) is 5.38. The van der Waals surface area contributed by atoms with Gasteiger partial charge in [-0.25, -0.2) is 0 Å². The zero-order valence-electron chi connectivity index (χ0n) is 15.2. The Labute approximate surface area is 173 Å². The molecule has 3 N–H and O–H groups in total. The Hall–Kier alpha value is -2.37. The third-order valence-corrected chi connectivity index (χ3v) is 5.40. The lowest BCUT2D eigenvalue weighted by Crippen LogP contribution is -2.13. The highest BCUT2D eigenvalue weighted by Gasteiger charge is 2.29. The zero-order valence-corrected chi connectivity index (χ0v) is 16.7. The van der Waals surface area contributed by atoms with E-state index in [9.17, 15) is 4.79 Å². The summed E-state index contributed by atoms with van der Waals surface area (Å²) in [5, 5.41) is 3.21. The highest BCUT2D eigenvalue weighted by atomic mass is 35.5. The van der Waals surface area contributed by atoms with E-state index in [0.717, 1.165) is 29.9 Å². The van der Waals surface area contributed by atoms with E-state index in [1.807, 2.05) is 12.1 Å². The first-order chi connectivity index (χ1) is 13.5. The monoisotopic (exact) mass is 414 g/mol. The van der Waals surface area contributed by atoms with Crippen LogP contribution in [0.2, 0.25) is 10.0 Å². The number of halogens is 2. The van der Waals surface area contributed by atoms with Crippen molar-refractivity contribution >= 4 is 46.2 Å². The van der Waals surface area contributed by atoms with Crippen LogP contribution in [0.5, 0.6) is 0 Å². The number of allylic oxidation sites excluding steroid dienone is 2. The molecule has 144 valence electrons. The molecule has 0 saturated heterocycles. The van der Waals surface area contributed by atoms with Gasteiger partial charge in [-0.3, -0.25) is 14.8 Å². The maximum Gasteiger partial charge on any atom is 0.258 e. The van der Waals surface area contributed by atoms with Crippen molar-refractivity contribution in [1.29, 1.82) is 0 Å². The molecule has 5 nitrogen and oxygen atoms in total. The number of amides is 1. The predicted molar refractivity (Wildman–Crippen MR) is 113 cm³/mol. The second-order valence-corrected chi connectivity index (χ2v) is 8.02. The summed E-state index contributed by atoms with van der Waals surface area (Å²) in [7, 11) is 0. The Bertz CT molecular complexity index is 941. The Morgan fingerprint density at radius 1 is 1.07 bits per heavy atom. The lowest BCUT2D eigenvalue weighted by atomic mass is 10.1. The molecule has 0 radical (unpaired) electrons. The average molecular weight is 415 g/mol. The maximum atomic E-state index is 12.5. The molecule has 1 amide bonds. The van der Waals surface area contributed by atoms with Crippen molar-refractivity contribution in [2.75, 3.05) is 5.32 Å². The molecular formula is C21H20Cl2N4O. The molecule has 0 spiro atoms. The second kappa shape index (κ2) is 7.94. The van der Waals surface area contributed by atoms with Gasteiger partial charge in [0, 0.05) is 35.4 Å². The highest BCUT2D eigenvalue weighted by Crippen LogP contribution is 2.37. The molecule has 2 aliphatic carbocycles. The summed E-state index contributed by atoms with van der Waals surface area (Å²) >= 11 is 12.1. The molecule has 28 heavy (non-hydrogen) atoms. The van der Waals surface area contributed by atoms with Gasteiger partial charge in [0.15, 0.2) is 0 Å². The first-order valence-electron chi connectivity index (χ1n) is 9.27. The Morgan fingerprint density at radius 3 is 2.25 bits per heavy atom. The van der Waals surface area contributed by atoms with E-state index in [0.29, 0.717) is 17.5 Å². The van der Waals surface area contributed by atoms with Gasteiger partial charge in [-0.2, -0.15) is 0 Å². The Balaban J connectivity index is 1.49. The third-order valence-electron chi connectivity index (χ3n) is 4.82. The minimum Gasteiger partial charge on any atom is -0.402 e. The maximum absolute atomic E-state index is 12.5. The quantitative estimate of drug-likeness (QED) is 0.622. The van der Waals surface area contributed by atoms with Gasteiger partial charge in [0.1, 0.15) is 0 Å². The minimum absolute atomic E-state index is 0.206. The number of pyridine rings is 1. The molecule has 2 saturated carbocycles. The van der Waals surface area contributed by atoms with Crippen LogP contribution in [0.15, 0.2) is 53.4 Å². The fourth-order valence-electron chi connectivity index (χ4n) is 2.92. The third kappa shape index (κ3) is 4.54. The van der Waals surface area contributed by atoms with E-state index in [1.165, 1.54) is 25.2 Å². The summed E-state index contributed by atoms with van der Waals surface area (Å²) in [6, 6.07) is 7.35. The molecule has 2 aromatic rings. The van der Waals surface area contributed by atoms with Gasteiger partial charge < -0.3 is 11.1 Å². The minimum atomic E-state index is -0.382. The molecule has 1 aromatic carbocycles. The number of hydrogen-bond donors (Lipinski definition) is 2. The van der Waals surface area contributed by atoms with Crippen molar-refractivity contribution in [1.82, 2.24) is 4.98 Å². The molecule has 1 heterocycles. The number of aromatic nitrogens is 1. The SMILES string of the molecule is NC(=CC(=Nc1ccc(NC(=O)c2c(Cl)cncc2Cl)cc1)C1CC1)C1CC1. The molecule has 0 aliphatic heterocycles. The van der Waals surface area contributed by atoms with E-state index in [1.54, 1.807) is 12.1 Å². The number of aliphatic imine (C=N–C) groups is 1. The van der Waals surface area contributed by atoms with Crippen molar-refractivity contribution < 1.29 is 4.79 Å². The highest BCUT2D eigenvalue weighted by molar-refractivity contribution is 6.40. The largest absolute Gasteiger partial charge is 0.402 e. The summed E-state index contributed by atoms with van der Waals surface area (Å²) < 4.78 is 0. The van der Waals surface area contributed by atoms with Gasteiger partial charge in [-0.1, -0.05) is 23.2 Å².